The molecule has 0 fully saturated rings. The summed E-state index contributed by atoms with van der Waals surface area (Å²) in [6.07, 6.45) is 0.817. The van der Waals surface area contributed by atoms with Crippen LogP contribution < -0.4 is 0 Å². The molecule has 0 amide bonds. The molecule has 0 radical (unpaired) electrons. The van der Waals surface area contributed by atoms with Crippen LogP contribution in [0, 0.1) is 0 Å². The van der Waals surface area contributed by atoms with E-state index >= 15 is 0 Å². The molecule has 0 N–H and O–H groups in total. The van der Waals surface area contributed by atoms with Crippen LogP contribution in [0.2, 0.25) is 10.0 Å². The highest BCUT2D eigenvalue weighted by atomic mass is 35.7. The summed E-state index contributed by atoms with van der Waals surface area (Å²) < 4.78 is 0. The van der Waals surface area contributed by atoms with E-state index in [1.807, 2.05) is 12.1 Å². The van der Waals surface area contributed by atoms with Gasteiger partial charge in [0.1, 0.15) is 0 Å². The molecule has 0 saturated carbocycles. The van der Waals surface area contributed by atoms with Crippen LogP contribution in [0.3, 0.4) is 0 Å². The largest absolute Gasteiger partial charge is 0.0997 e. The Morgan fingerprint density at radius 3 is 2.55 bits per heavy atom. The molecule has 0 saturated heterocycles. The maximum atomic E-state index is 5.87. The first-order chi connectivity index (χ1) is 5.24. The molecule has 1 aromatic rings. The molecule has 1 rings (SSSR count). The average molecular weight is 227 g/mol. The van der Waals surface area contributed by atoms with Crippen LogP contribution in [0.15, 0.2) is 18.2 Å². The maximum absolute atomic E-state index is 5.87. The van der Waals surface area contributed by atoms with Crippen molar-refractivity contribution < 1.29 is 0 Å². The van der Waals surface area contributed by atoms with Gasteiger partial charge in [-0.15, -0.1) is 0 Å². The third-order valence-electron chi connectivity index (χ3n) is 1.27. The van der Waals surface area contributed by atoms with Crippen molar-refractivity contribution in [3.05, 3.63) is 33.8 Å². The van der Waals surface area contributed by atoms with Crippen LogP contribution in [0.1, 0.15) is 5.56 Å². The molecule has 1 aromatic carbocycles. The molecular weight excluding hydrogens is 221 g/mol. The quantitative estimate of drug-likeness (QED) is 0.660. The van der Waals surface area contributed by atoms with E-state index in [4.69, 9.17) is 34.4 Å². The Kier molecular flexibility index (Phi) is 3.95. The molecule has 0 spiro atoms. The second-order valence-corrected chi connectivity index (χ2v) is 4.31. The molecule has 4 heteroatoms. The highest BCUT2D eigenvalue weighted by Crippen LogP contribution is 2.29. The standard InChI is InChI=1S/C7H6Cl3P/c8-6-2-1-5(4-11-10)7(9)3-6/h1-3,11H,4H2. The SMILES string of the molecule is ClPCc1ccc(Cl)cc1Cl. The highest BCUT2D eigenvalue weighted by Gasteiger charge is 1.99. The summed E-state index contributed by atoms with van der Waals surface area (Å²) in [6.45, 7) is 0. The van der Waals surface area contributed by atoms with Crippen molar-refractivity contribution >= 4 is 42.4 Å². The topological polar surface area (TPSA) is 0 Å². The van der Waals surface area contributed by atoms with Crippen molar-refractivity contribution in [3.63, 3.8) is 0 Å². The Balaban J connectivity index is 2.90. The molecule has 1 atom stereocenters. The molecule has 0 aliphatic carbocycles. The molecule has 0 heterocycles. The maximum Gasteiger partial charge on any atom is 0.0456 e. The Hall–Kier alpha value is 0.520. The second-order valence-electron chi connectivity index (χ2n) is 2.05. The third-order valence-corrected chi connectivity index (χ3v) is 2.77. The van der Waals surface area contributed by atoms with E-state index in [0.717, 1.165) is 11.7 Å². The van der Waals surface area contributed by atoms with Gasteiger partial charge in [-0.25, -0.2) is 0 Å². The summed E-state index contributed by atoms with van der Waals surface area (Å²) in [7, 11) is 0.373. The lowest BCUT2D eigenvalue weighted by atomic mass is 10.2. The van der Waals surface area contributed by atoms with Gasteiger partial charge in [0.2, 0.25) is 0 Å². The van der Waals surface area contributed by atoms with Crippen molar-refractivity contribution in [2.45, 2.75) is 6.16 Å². The summed E-state index contributed by atoms with van der Waals surface area (Å²) >= 11 is 17.2. The predicted molar refractivity (Wildman–Crippen MR) is 54.3 cm³/mol. The van der Waals surface area contributed by atoms with Gasteiger partial charge in [-0.2, -0.15) is 0 Å². The summed E-state index contributed by atoms with van der Waals surface area (Å²) in [4.78, 5) is 0. The normalized spacial score (nSPS) is 11.2. The van der Waals surface area contributed by atoms with E-state index < -0.39 is 0 Å². The zero-order valence-corrected chi connectivity index (χ0v) is 8.84. The monoisotopic (exact) mass is 226 g/mol. The van der Waals surface area contributed by atoms with Gasteiger partial charge in [0.05, 0.1) is 0 Å². The van der Waals surface area contributed by atoms with Crippen LogP contribution in [0.4, 0.5) is 0 Å². The summed E-state index contributed by atoms with van der Waals surface area (Å²) in [6, 6.07) is 5.45. The van der Waals surface area contributed by atoms with Gasteiger partial charge in [-0.05, 0) is 25.6 Å². The van der Waals surface area contributed by atoms with Crippen molar-refractivity contribution in [2.24, 2.45) is 0 Å². The number of rotatable bonds is 2. The van der Waals surface area contributed by atoms with Gasteiger partial charge in [0.15, 0.2) is 0 Å². The van der Waals surface area contributed by atoms with Gasteiger partial charge in [-0.3, -0.25) is 0 Å². The Morgan fingerprint density at radius 1 is 1.27 bits per heavy atom. The van der Waals surface area contributed by atoms with Gasteiger partial charge in [0.25, 0.3) is 0 Å². The first-order valence-corrected chi connectivity index (χ1v) is 5.99. The fraction of sp³-hybridized carbons (Fsp3) is 0.143. The molecule has 0 bridgehead atoms. The second kappa shape index (κ2) is 4.52. The lowest BCUT2D eigenvalue weighted by Gasteiger charge is -2.00. The molecule has 1 unspecified atom stereocenters. The lowest BCUT2D eigenvalue weighted by Crippen LogP contribution is -1.78. The minimum atomic E-state index is 0.373. The predicted octanol–water partition coefficient (Wildman–Crippen LogP) is 4.33. The van der Waals surface area contributed by atoms with E-state index in [1.165, 1.54) is 0 Å². The van der Waals surface area contributed by atoms with Crippen LogP contribution >= 0.6 is 42.4 Å². The molecular formula is C7H6Cl3P. The molecule has 60 valence electrons. The number of halogens is 3. The summed E-state index contributed by atoms with van der Waals surface area (Å²) in [5, 5.41) is 1.36. The zero-order chi connectivity index (χ0) is 8.27. The minimum absolute atomic E-state index is 0.373. The van der Waals surface area contributed by atoms with Crippen molar-refractivity contribution in [3.8, 4) is 0 Å². The summed E-state index contributed by atoms with van der Waals surface area (Å²) in [5.41, 5.74) is 1.06. The van der Waals surface area contributed by atoms with Crippen molar-refractivity contribution in [1.29, 1.82) is 0 Å². The first kappa shape index (κ1) is 9.61. The van der Waals surface area contributed by atoms with E-state index in [9.17, 15) is 0 Å². The number of hydrogen-bond donors (Lipinski definition) is 0. The Labute approximate surface area is 82.4 Å². The highest BCUT2D eigenvalue weighted by molar-refractivity contribution is 7.67. The Bertz CT molecular complexity index is 249. The van der Waals surface area contributed by atoms with Crippen LogP contribution in [0.25, 0.3) is 0 Å². The van der Waals surface area contributed by atoms with Gasteiger partial charge >= 0.3 is 0 Å². The third kappa shape index (κ3) is 2.80. The zero-order valence-electron chi connectivity index (χ0n) is 5.57. The van der Waals surface area contributed by atoms with Gasteiger partial charge in [0, 0.05) is 16.2 Å². The molecule has 11 heavy (non-hydrogen) atoms. The fourth-order valence-electron chi connectivity index (χ4n) is 0.737. The average Bonchev–Trinajstić information content (AvgIpc) is 1.95. The van der Waals surface area contributed by atoms with E-state index in [1.54, 1.807) is 6.07 Å². The summed E-state index contributed by atoms with van der Waals surface area (Å²) in [5.74, 6) is 0. The molecule has 0 aliphatic rings. The number of benzene rings is 1. The lowest BCUT2D eigenvalue weighted by molar-refractivity contribution is 1.42. The van der Waals surface area contributed by atoms with Crippen molar-refractivity contribution in [1.82, 2.24) is 0 Å². The first-order valence-electron chi connectivity index (χ1n) is 3.01. The van der Waals surface area contributed by atoms with E-state index in [2.05, 4.69) is 0 Å². The van der Waals surface area contributed by atoms with Crippen LogP contribution in [-0.2, 0) is 6.16 Å². The molecule has 0 aliphatic heterocycles. The van der Waals surface area contributed by atoms with Gasteiger partial charge in [-0.1, -0.05) is 40.5 Å². The Morgan fingerprint density at radius 2 is 2.00 bits per heavy atom. The molecule has 0 aromatic heterocycles. The van der Waals surface area contributed by atoms with Crippen LogP contribution in [0.5, 0.6) is 0 Å². The van der Waals surface area contributed by atoms with Crippen LogP contribution in [-0.4, -0.2) is 0 Å². The minimum Gasteiger partial charge on any atom is -0.0997 e. The molecule has 0 nitrogen and oxygen atoms in total. The fourth-order valence-corrected chi connectivity index (χ4v) is 2.21. The van der Waals surface area contributed by atoms with Gasteiger partial charge < -0.3 is 0 Å². The van der Waals surface area contributed by atoms with E-state index in [-0.39, 0.29) is 0 Å². The smallest absolute Gasteiger partial charge is 0.0456 e. The number of hydrogen-bond acceptors (Lipinski definition) is 0. The van der Waals surface area contributed by atoms with Crippen molar-refractivity contribution in [2.75, 3.05) is 0 Å². The van der Waals surface area contributed by atoms with E-state index in [0.29, 0.717) is 18.0 Å².